The van der Waals surface area contributed by atoms with Crippen LogP contribution in [-0.2, 0) is 10.5 Å². The summed E-state index contributed by atoms with van der Waals surface area (Å²) in [6.45, 7) is 3.83. The van der Waals surface area contributed by atoms with E-state index in [0.29, 0.717) is 6.04 Å². The largest absolute Gasteiger partial charge is 0.361 e. The van der Waals surface area contributed by atoms with Crippen molar-refractivity contribution in [2.24, 2.45) is 0 Å². The van der Waals surface area contributed by atoms with Gasteiger partial charge in [-0.3, -0.25) is 4.79 Å². The van der Waals surface area contributed by atoms with Gasteiger partial charge in [-0.2, -0.15) is 0 Å². The zero-order chi connectivity index (χ0) is 13.7. The van der Waals surface area contributed by atoms with Gasteiger partial charge in [-0.1, -0.05) is 24.4 Å². The maximum Gasteiger partial charge on any atom is 0.233 e. The molecule has 106 valence electrons. The van der Waals surface area contributed by atoms with Crippen LogP contribution in [0.15, 0.2) is 10.6 Å². The molecule has 2 rings (SSSR count). The second kappa shape index (κ2) is 6.98. The number of nitrogens with zero attached hydrogens (tertiary/aromatic N) is 1. The molecule has 1 aromatic rings. The summed E-state index contributed by atoms with van der Waals surface area (Å²) in [4.78, 5) is 12.1. The van der Waals surface area contributed by atoms with Crippen LogP contribution in [0.4, 0.5) is 0 Å². The minimum absolute atomic E-state index is 0.0427. The van der Waals surface area contributed by atoms with E-state index in [9.17, 15) is 4.79 Å². The van der Waals surface area contributed by atoms with E-state index in [-0.39, 0.29) is 11.2 Å². The van der Waals surface area contributed by atoms with Crippen molar-refractivity contribution in [1.82, 2.24) is 10.5 Å². The summed E-state index contributed by atoms with van der Waals surface area (Å²) in [6.07, 6.45) is 6.05. The van der Waals surface area contributed by atoms with Crippen molar-refractivity contribution in [3.8, 4) is 0 Å². The van der Waals surface area contributed by atoms with Crippen LogP contribution in [0.25, 0.3) is 0 Å². The zero-order valence-electron chi connectivity index (χ0n) is 11.6. The number of hydrogen-bond donors (Lipinski definition) is 1. The summed E-state index contributed by atoms with van der Waals surface area (Å²) < 4.78 is 5.01. The minimum Gasteiger partial charge on any atom is -0.361 e. The second-order valence-electron chi connectivity index (χ2n) is 5.23. The van der Waals surface area contributed by atoms with Crippen LogP contribution in [0.3, 0.4) is 0 Å². The molecule has 0 radical (unpaired) electrons. The van der Waals surface area contributed by atoms with Gasteiger partial charge in [-0.15, -0.1) is 11.8 Å². The van der Waals surface area contributed by atoms with Gasteiger partial charge in [-0.05, 0) is 26.7 Å². The highest BCUT2D eigenvalue weighted by Crippen LogP contribution is 2.20. The monoisotopic (exact) mass is 282 g/mol. The smallest absolute Gasteiger partial charge is 0.233 e. The van der Waals surface area contributed by atoms with Crippen LogP contribution >= 0.6 is 11.8 Å². The van der Waals surface area contributed by atoms with E-state index < -0.39 is 0 Å². The molecule has 4 nitrogen and oxygen atoms in total. The molecular weight excluding hydrogens is 260 g/mol. The Balaban J connectivity index is 1.72. The summed E-state index contributed by atoms with van der Waals surface area (Å²) in [5.41, 5.74) is 0.903. The molecule has 0 saturated heterocycles. The summed E-state index contributed by atoms with van der Waals surface area (Å²) >= 11 is 1.60. The topological polar surface area (TPSA) is 55.1 Å². The minimum atomic E-state index is -0.0427. The Hall–Kier alpha value is -0.970. The fraction of sp³-hybridized carbons (Fsp3) is 0.714. The lowest BCUT2D eigenvalue weighted by Gasteiger charge is -2.24. The van der Waals surface area contributed by atoms with Crippen LogP contribution in [0.5, 0.6) is 0 Å². The first-order chi connectivity index (χ1) is 9.15. The van der Waals surface area contributed by atoms with Gasteiger partial charge in [0.05, 0.1) is 10.9 Å². The fourth-order valence-electron chi connectivity index (χ4n) is 2.34. The van der Waals surface area contributed by atoms with E-state index in [1.54, 1.807) is 11.8 Å². The number of carbonyl (C=O) groups excluding carboxylic acids is 1. The Labute approximate surface area is 118 Å². The van der Waals surface area contributed by atoms with Gasteiger partial charge in [-0.25, -0.2) is 0 Å². The summed E-state index contributed by atoms with van der Waals surface area (Å²) in [7, 11) is 0. The number of rotatable bonds is 5. The van der Waals surface area contributed by atoms with Gasteiger partial charge in [0.2, 0.25) is 5.91 Å². The van der Waals surface area contributed by atoms with Crippen molar-refractivity contribution in [3.63, 3.8) is 0 Å². The average molecular weight is 282 g/mol. The highest BCUT2D eigenvalue weighted by molar-refractivity contribution is 7.99. The van der Waals surface area contributed by atoms with Gasteiger partial charge in [0.25, 0.3) is 0 Å². The molecule has 1 fully saturated rings. The Morgan fingerprint density at radius 3 is 2.89 bits per heavy atom. The van der Waals surface area contributed by atoms with Crippen molar-refractivity contribution in [2.75, 3.05) is 0 Å². The third kappa shape index (κ3) is 4.56. The maximum absolute atomic E-state index is 12.1. The van der Waals surface area contributed by atoms with Crippen molar-refractivity contribution in [1.29, 1.82) is 0 Å². The SMILES string of the molecule is Cc1cc(CS[C@H](C)C(=O)NC2CCCCC2)no1. The molecule has 0 spiro atoms. The van der Waals surface area contributed by atoms with E-state index in [1.807, 2.05) is 19.9 Å². The number of aryl methyl sites for hydroxylation is 1. The normalized spacial score (nSPS) is 18.2. The molecule has 5 heteroatoms. The predicted octanol–water partition coefficient (Wildman–Crippen LogP) is 3.05. The lowest BCUT2D eigenvalue weighted by molar-refractivity contribution is -0.121. The van der Waals surface area contributed by atoms with E-state index in [4.69, 9.17) is 4.52 Å². The summed E-state index contributed by atoms with van der Waals surface area (Å²) in [5.74, 6) is 1.68. The number of carbonyl (C=O) groups is 1. The standard InChI is InChI=1S/C14H22N2O2S/c1-10-8-13(16-18-10)9-19-11(2)14(17)15-12-6-4-3-5-7-12/h8,11-12H,3-7,9H2,1-2H3,(H,15,17)/t11-/m1/s1. The molecule has 1 aliphatic carbocycles. The van der Waals surface area contributed by atoms with Crippen molar-refractivity contribution in [2.45, 2.75) is 63.0 Å². The van der Waals surface area contributed by atoms with Gasteiger partial charge in [0.15, 0.2) is 0 Å². The van der Waals surface area contributed by atoms with Gasteiger partial charge < -0.3 is 9.84 Å². The lowest BCUT2D eigenvalue weighted by atomic mass is 9.95. The summed E-state index contributed by atoms with van der Waals surface area (Å²) in [5, 5.41) is 7.05. The third-order valence-corrected chi connectivity index (χ3v) is 4.66. The molecule has 1 N–H and O–H groups in total. The number of thioether (sulfide) groups is 1. The Morgan fingerprint density at radius 2 is 2.26 bits per heavy atom. The molecule has 0 aromatic carbocycles. The first-order valence-corrected chi connectivity index (χ1v) is 8.04. The molecule has 19 heavy (non-hydrogen) atoms. The number of aromatic nitrogens is 1. The number of amides is 1. The first-order valence-electron chi connectivity index (χ1n) is 6.99. The quantitative estimate of drug-likeness (QED) is 0.902. The number of hydrogen-bond acceptors (Lipinski definition) is 4. The van der Waals surface area contributed by atoms with Crippen LogP contribution in [0.1, 0.15) is 50.5 Å². The van der Waals surface area contributed by atoms with E-state index in [0.717, 1.165) is 30.0 Å². The molecule has 0 bridgehead atoms. The van der Waals surface area contributed by atoms with E-state index in [2.05, 4.69) is 10.5 Å². The predicted molar refractivity (Wildman–Crippen MR) is 77.0 cm³/mol. The molecule has 1 amide bonds. The molecule has 0 unspecified atom stereocenters. The van der Waals surface area contributed by atoms with Crippen LogP contribution in [-0.4, -0.2) is 22.4 Å². The molecule has 1 aliphatic rings. The Kier molecular flexibility index (Phi) is 5.31. The zero-order valence-corrected chi connectivity index (χ0v) is 12.5. The Bertz CT molecular complexity index is 413. The second-order valence-corrected chi connectivity index (χ2v) is 6.55. The van der Waals surface area contributed by atoms with Crippen molar-refractivity contribution >= 4 is 17.7 Å². The molecule has 0 aliphatic heterocycles. The first kappa shape index (κ1) is 14.4. The third-order valence-electron chi connectivity index (χ3n) is 3.48. The van der Waals surface area contributed by atoms with Crippen molar-refractivity contribution in [3.05, 3.63) is 17.5 Å². The van der Waals surface area contributed by atoms with Crippen LogP contribution < -0.4 is 5.32 Å². The molecule has 1 atom stereocenters. The Morgan fingerprint density at radius 1 is 1.53 bits per heavy atom. The van der Waals surface area contributed by atoms with Gasteiger partial charge >= 0.3 is 0 Å². The maximum atomic E-state index is 12.1. The lowest BCUT2D eigenvalue weighted by Crippen LogP contribution is -2.40. The van der Waals surface area contributed by atoms with E-state index >= 15 is 0 Å². The molecule has 1 heterocycles. The average Bonchev–Trinajstić information content (AvgIpc) is 2.83. The van der Waals surface area contributed by atoms with Crippen LogP contribution in [0, 0.1) is 6.92 Å². The van der Waals surface area contributed by atoms with Gasteiger partial charge in [0.1, 0.15) is 5.76 Å². The van der Waals surface area contributed by atoms with Gasteiger partial charge in [0, 0.05) is 17.9 Å². The molecule has 1 saturated carbocycles. The fourth-order valence-corrected chi connectivity index (χ4v) is 3.11. The highest BCUT2D eigenvalue weighted by Gasteiger charge is 2.20. The highest BCUT2D eigenvalue weighted by atomic mass is 32.2. The molecular formula is C14H22N2O2S. The van der Waals surface area contributed by atoms with E-state index in [1.165, 1.54) is 19.3 Å². The van der Waals surface area contributed by atoms with Crippen molar-refractivity contribution < 1.29 is 9.32 Å². The van der Waals surface area contributed by atoms with Crippen LogP contribution in [0.2, 0.25) is 0 Å². The summed E-state index contributed by atoms with van der Waals surface area (Å²) in [6, 6.07) is 2.30. The number of nitrogens with one attached hydrogen (secondary N) is 1. The molecule has 1 aromatic heterocycles.